The van der Waals surface area contributed by atoms with E-state index in [9.17, 15) is 9.59 Å². The number of hydrogen-bond donors (Lipinski definition) is 1. The highest BCUT2D eigenvalue weighted by Gasteiger charge is 2.24. The van der Waals surface area contributed by atoms with Crippen molar-refractivity contribution in [1.82, 2.24) is 5.32 Å². The van der Waals surface area contributed by atoms with Crippen LogP contribution in [0.5, 0.6) is 11.5 Å². The van der Waals surface area contributed by atoms with Crippen molar-refractivity contribution in [2.75, 3.05) is 19.8 Å². The first-order chi connectivity index (χ1) is 12.7. The normalized spacial score (nSPS) is 12.9. The van der Waals surface area contributed by atoms with Crippen LogP contribution in [-0.2, 0) is 9.53 Å². The molecule has 6 nitrogen and oxygen atoms in total. The standard InChI is InChI=1S/C20H21NO5/c22-19(21-15-10-11-15)14-26-20(23)17-8-4-5-9-18(17)25-13-12-24-16-6-2-1-3-7-16/h1-9,15H,10-14H2,(H,21,22). The topological polar surface area (TPSA) is 73.9 Å². The Balaban J connectivity index is 1.46. The maximum Gasteiger partial charge on any atom is 0.342 e. The molecule has 0 radical (unpaired) electrons. The lowest BCUT2D eigenvalue weighted by Crippen LogP contribution is -2.30. The number of esters is 1. The summed E-state index contributed by atoms with van der Waals surface area (Å²) >= 11 is 0. The minimum atomic E-state index is -0.587. The van der Waals surface area contributed by atoms with E-state index >= 15 is 0 Å². The van der Waals surface area contributed by atoms with Crippen LogP contribution in [0.3, 0.4) is 0 Å². The molecule has 1 aliphatic rings. The van der Waals surface area contributed by atoms with Crippen molar-refractivity contribution in [3.8, 4) is 11.5 Å². The summed E-state index contributed by atoms with van der Waals surface area (Å²) in [5, 5.41) is 2.77. The molecule has 0 aliphatic heterocycles. The second-order valence-electron chi connectivity index (χ2n) is 5.92. The van der Waals surface area contributed by atoms with E-state index in [-0.39, 0.29) is 30.7 Å². The SMILES string of the molecule is O=C(COC(=O)c1ccccc1OCCOc1ccccc1)NC1CC1. The molecule has 1 fully saturated rings. The summed E-state index contributed by atoms with van der Waals surface area (Å²) in [5.41, 5.74) is 0.284. The maximum atomic E-state index is 12.2. The van der Waals surface area contributed by atoms with Crippen LogP contribution in [0.25, 0.3) is 0 Å². The van der Waals surface area contributed by atoms with E-state index in [2.05, 4.69) is 5.32 Å². The van der Waals surface area contributed by atoms with Crippen molar-refractivity contribution >= 4 is 11.9 Å². The first-order valence-corrected chi connectivity index (χ1v) is 8.58. The summed E-state index contributed by atoms with van der Waals surface area (Å²) in [6.45, 7) is 0.333. The van der Waals surface area contributed by atoms with Gasteiger partial charge in [-0.05, 0) is 37.1 Å². The second-order valence-corrected chi connectivity index (χ2v) is 5.92. The van der Waals surface area contributed by atoms with E-state index in [0.717, 1.165) is 18.6 Å². The minimum Gasteiger partial charge on any atom is -0.490 e. The van der Waals surface area contributed by atoms with Gasteiger partial charge in [0, 0.05) is 6.04 Å². The average Bonchev–Trinajstić information content (AvgIpc) is 3.48. The molecule has 26 heavy (non-hydrogen) atoms. The number of nitrogens with one attached hydrogen (secondary N) is 1. The lowest BCUT2D eigenvalue weighted by atomic mass is 10.2. The molecule has 2 aromatic carbocycles. The smallest absolute Gasteiger partial charge is 0.342 e. The van der Waals surface area contributed by atoms with Gasteiger partial charge in [0.1, 0.15) is 30.3 Å². The first kappa shape index (κ1) is 17.8. The van der Waals surface area contributed by atoms with Crippen molar-refractivity contribution in [3.05, 3.63) is 60.2 Å². The van der Waals surface area contributed by atoms with E-state index in [0.29, 0.717) is 12.4 Å². The molecule has 0 bridgehead atoms. The quantitative estimate of drug-likeness (QED) is 0.553. The van der Waals surface area contributed by atoms with Gasteiger partial charge in [0.25, 0.3) is 5.91 Å². The molecule has 0 unspecified atom stereocenters. The molecule has 0 aromatic heterocycles. The van der Waals surface area contributed by atoms with Crippen molar-refractivity contribution in [2.24, 2.45) is 0 Å². The van der Waals surface area contributed by atoms with Crippen LogP contribution < -0.4 is 14.8 Å². The Morgan fingerprint density at radius 1 is 0.923 bits per heavy atom. The van der Waals surface area contributed by atoms with Crippen LogP contribution in [-0.4, -0.2) is 37.7 Å². The molecule has 2 aromatic rings. The second kappa shape index (κ2) is 8.89. The molecule has 136 valence electrons. The molecule has 0 heterocycles. The predicted molar refractivity (Wildman–Crippen MR) is 95.3 cm³/mol. The van der Waals surface area contributed by atoms with Gasteiger partial charge in [-0.15, -0.1) is 0 Å². The van der Waals surface area contributed by atoms with Gasteiger partial charge in [0.15, 0.2) is 6.61 Å². The fraction of sp³-hybridized carbons (Fsp3) is 0.300. The molecule has 0 saturated heterocycles. The molecule has 1 saturated carbocycles. The van der Waals surface area contributed by atoms with Gasteiger partial charge >= 0.3 is 5.97 Å². The zero-order chi connectivity index (χ0) is 18.2. The van der Waals surface area contributed by atoms with Crippen molar-refractivity contribution < 1.29 is 23.8 Å². The number of benzene rings is 2. The number of carbonyl (C=O) groups is 2. The lowest BCUT2D eigenvalue weighted by molar-refractivity contribution is -0.124. The third-order valence-electron chi connectivity index (χ3n) is 3.74. The van der Waals surface area contributed by atoms with Gasteiger partial charge < -0.3 is 19.5 Å². The average molecular weight is 355 g/mol. The summed E-state index contributed by atoms with van der Waals surface area (Å²) in [5.74, 6) is 0.285. The summed E-state index contributed by atoms with van der Waals surface area (Å²) in [7, 11) is 0. The van der Waals surface area contributed by atoms with Gasteiger partial charge in [-0.1, -0.05) is 30.3 Å². The summed E-state index contributed by atoms with van der Waals surface area (Å²) < 4.78 is 16.3. The molecule has 1 N–H and O–H groups in total. The molecular weight excluding hydrogens is 334 g/mol. The van der Waals surface area contributed by atoms with Crippen molar-refractivity contribution in [2.45, 2.75) is 18.9 Å². The Morgan fingerprint density at radius 2 is 1.62 bits per heavy atom. The first-order valence-electron chi connectivity index (χ1n) is 8.58. The number of hydrogen-bond acceptors (Lipinski definition) is 5. The summed E-state index contributed by atoms with van der Waals surface area (Å²) in [6, 6.07) is 16.4. The monoisotopic (exact) mass is 355 g/mol. The Bertz CT molecular complexity index is 743. The number of amides is 1. The van der Waals surface area contributed by atoms with Crippen LogP contribution in [0, 0.1) is 0 Å². The Labute approximate surface area is 152 Å². The zero-order valence-corrected chi connectivity index (χ0v) is 14.4. The van der Waals surface area contributed by atoms with Crippen molar-refractivity contribution in [3.63, 3.8) is 0 Å². The van der Waals surface area contributed by atoms with E-state index < -0.39 is 5.97 Å². The number of rotatable bonds is 9. The molecule has 1 aliphatic carbocycles. The highest BCUT2D eigenvalue weighted by Crippen LogP contribution is 2.20. The zero-order valence-electron chi connectivity index (χ0n) is 14.4. The van der Waals surface area contributed by atoms with E-state index in [1.807, 2.05) is 30.3 Å². The van der Waals surface area contributed by atoms with Crippen LogP contribution in [0.15, 0.2) is 54.6 Å². The van der Waals surface area contributed by atoms with Crippen molar-refractivity contribution in [1.29, 1.82) is 0 Å². The highest BCUT2D eigenvalue weighted by atomic mass is 16.5. The summed E-state index contributed by atoms with van der Waals surface area (Å²) in [6.07, 6.45) is 1.98. The molecule has 1 amide bonds. The van der Waals surface area contributed by atoms with Crippen LogP contribution in [0.1, 0.15) is 23.2 Å². The molecule has 6 heteroatoms. The Kier molecular flexibility index (Phi) is 6.09. The van der Waals surface area contributed by atoms with Gasteiger partial charge in [0.05, 0.1) is 0 Å². The minimum absolute atomic E-state index is 0.237. The molecule has 3 rings (SSSR count). The number of carbonyl (C=O) groups excluding carboxylic acids is 2. The third kappa shape index (κ3) is 5.51. The van der Waals surface area contributed by atoms with Gasteiger partial charge in [0.2, 0.25) is 0 Å². The van der Waals surface area contributed by atoms with Gasteiger partial charge in [-0.2, -0.15) is 0 Å². The van der Waals surface area contributed by atoms with E-state index in [1.54, 1.807) is 24.3 Å². The molecular formula is C20H21NO5. The lowest BCUT2D eigenvalue weighted by Gasteiger charge is -2.12. The fourth-order valence-corrected chi connectivity index (χ4v) is 2.29. The number of para-hydroxylation sites is 2. The third-order valence-corrected chi connectivity index (χ3v) is 3.74. The maximum absolute atomic E-state index is 12.2. The summed E-state index contributed by atoms with van der Waals surface area (Å²) in [4.78, 5) is 23.8. The number of ether oxygens (including phenoxy) is 3. The van der Waals surface area contributed by atoms with E-state index in [4.69, 9.17) is 14.2 Å². The van der Waals surface area contributed by atoms with Gasteiger partial charge in [-0.3, -0.25) is 4.79 Å². The van der Waals surface area contributed by atoms with E-state index in [1.165, 1.54) is 0 Å². The van der Waals surface area contributed by atoms with Crippen LogP contribution in [0.4, 0.5) is 0 Å². The highest BCUT2D eigenvalue weighted by molar-refractivity contribution is 5.94. The largest absolute Gasteiger partial charge is 0.490 e. The van der Waals surface area contributed by atoms with Crippen LogP contribution in [0.2, 0.25) is 0 Å². The van der Waals surface area contributed by atoms with Crippen LogP contribution >= 0.6 is 0 Å². The Hall–Kier alpha value is -3.02. The Morgan fingerprint density at radius 3 is 2.38 bits per heavy atom. The molecule has 0 spiro atoms. The molecule has 0 atom stereocenters. The fourth-order valence-electron chi connectivity index (χ4n) is 2.29. The predicted octanol–water partition coefficient (Wildman–Crippen LogP) is 2.58. The van der Waals surface area contributed by atoms with Gasteiger partial charge in [-0.25, -0.2) is 4.79 Å².